The molecule has 1 aromatic carbocycles. The van der Waals surface area contributed by atoms with Crippen molar-refractivity contribution in [2.45, 2.75) is 6.92 Å². The number of hydrazone groups is 1. The number of nitrogens with one attached hydrogen (secondary N) is 2. The third-order valence-electron chi connectivity index (χ3n) is 2.59. The maximum atomic E-state index is 11.7. The minimum atomic E-state index is -0.259. The van der Waals surface area contributed by atoms with E-state index >= 15 is 0 Å². The molecule has 2 rings (SSSR count). The Balaban J connectivity index is 1.85. The Morgan fingerprint density at radius 3 is 2.64 bits per heavy atom. The Hall–Kier alpha value is -1.12. The van der Waals surface area contributed by atoms with Gasteiger partial charge in [0.1, 0.15) is 11.5 Å². The standard InChI is InChI=1S/C14H12Br3N3O2/c1-8-2-3-9(22-8)6-19-20-14(21)7-18-13-5-11(16)10(15)4-12(13)17/h2-6,18H,7H2,1H3,(H,20,21)/b19-6+. The molecule has 116 valence electrons. The van der Waals surface area contributed by atoms with Crippen molar-refractivity contribution in [3.05, 3.63) is 49.2 Å². The van der Waals surface area contributed by atoms with E-state index in [9.17, 15) is 4.79 Å². The second-order valence-corrected chi connectivity index (χ2v) is 6.90. The Bertz CT molecular complexity index is 713. The van der Waals surface area contributed by atoms with Crippen LogP contribution in [-0.4, -0.2) is 18.7 Å². The number of aryl methyl sites for hydroxylation is 1. The summed E-state index contributed by atoms with van der Waals surface area (Å²) in [7, 11) is 0. The molecule has 1 heterocycles. The van der Waals surface area contributed by atoms with Gasteiger partial charge in [0.25, 0.3) is 5.91 Å². The smallest absolute Gasteiger partial charge is 0.259 e. The first kappa shape index (κ1) is 17.2. The predicted molar refractivity (Wildman–Crippen MR) is 97.2 cm³/mol. The maximum absolute atomic E-state index is 11.7. The summed E-state index contributed by atoms with van der Waals surface area (Å²) in [6.07, 6.45) is 1.46. The van der Waals surface area contributed by atoms with Gasteiger partial charge >= 0.3 is 0 Å². The molecular formula is C14H12Br3N3O2. The van der Waals surface area contributed by atoms with Gasteiger partial charge in [-0.1, -0.05) is 0 Å². The zero-order valence-electron chi connectivity index (χ0n) is 11.5. The van der Waals surface area contributed by atoms with Crippen molar-refractivity contribution in [3.63, 3.8) is 0 Å². The van der Waals surface area contributed by atoms with Crippen LogP contribution in [0.5, 0.6) is 0 Å². The molecule has 8 heteroatoms. The third kappa shape index (κ3) is 4.96. The number of carbonyl (C=O) groups is 1. The van der Waals surface area contributed by atoms with Gasteiger partial charge in [-0.05, 0) is 79.0 Å². The highest BCUT2D eigenvalue weighted by molar-refractivity contribution is 9.13. The molecule has 1 aromatic heterocycles. The molecular weight excluding hydrogens is 482 g/mol. The van der Waals surface area contributed by atoms with Crippen molar-refractivity contribution in [2.75, 3.05) is 11.9 Å². The lowest BCUT2D eigenvalue weighted by Crippen LogP contribution is -2.26. The van der Waals surface area contributed by atoms with Gasteiger partial charge in [-0.3, -0.25) is 4.79 Å². The predicted octanol–water partition coefficient (Wildman–Crippen LogP) is 4.44. The second kappa shape index (κ2) is 7.94. The molecule has 0 aliphatic carbocycles. The van der Waals surface area contributed by atoms with Crippen LogP contribution < -0.4 is 10.7 Å². The van der Waals surface area contributed by atoms with E-state index in [-0.39, 0.29) is 12.5 Å². The Morgan fingerprint density at radius 2 is 1.95 bits per heavy atom. The molecule has 0 bridgehead atoms. The largest absolute Gasteiger partial charge is 0.460 e. The van der Waals surface area contributed by atoms with E-state index < -0.39 is 0 Å². The van der Waals surface area contributed by atoms with Crippen LogP contribution in [-0.2, 0) is 4.79 Å². The highest BCUT2D eigenvalue weighted by Gasteiger charge is 2.06. The van der Waals surface area contributed by atoms with Crippen molar-refractivity contribution >= 4 is 65.6 Å². The van der Waals surface area contributed by atoms with Crippen molar-refractivity contribution in [2.24, 2.45) is 5.10 Å². The molecule has 2 N–H and O–H groups in total. The fraction of sp³-hybridized carbons (Fsp3) is 0.143. The lowest BCUT2D eigenvalue weighted by molar-refractivity contribution is -0.119. The van der Waals surface area contributed by atoms with E-state index in [4.69, 9.17) is 4.42 Å². The van der Waals surface area contributed by atoms with Crippen molar-refractivity contribution in [3.8, 4) is 0 Å². The lowest BCUT2D eigenvalue weighted by atomic mass is 10.3. The van der Waals surface area contributed by atoms with Crippen molar-refractivity contribution in [1.29, 1.82) is 0 Å². The van der Waals surface area contributed by atoms with E-state index in [0.717, 1.165) is 24.9 Å². The molecule has 0 radical (unpaired) electrons. The minimum absolute atomic E-state index is 0.0984. The third-order valence-corrected chi connectivity index (χ3v) is 5.09. The fourth-order valence-electron chi connectivity index (χ4n) is 1.56. The number of anilines is 1. The molecule has 0 atom stereocenters. The van der Waals surface area contributed by atoms with Gasteiger partial charge in [0.05, 0.1) is 18.4 Å². The monoisotopic (exact) mass is 491 g/mol. The van der Waals surface area contributed by atoms with E-state index in [2.05, 4.69) is 63.6 Å². The number of hydrogen-bond donors (Lipinski definition) is 2. The van der Waals surface area contributed by atoms with Gasteiger partial charge in [0.15, 0.2) is 0 Å². The van der Waals surface area contributed by atoms with E-state index in [1.165, 1.54) is 6.21 Å². The quantitative estimate of drug-likeness (QED) is 0.368. The summed E-state index contributed by atoms with van der Waals surface area (Å²) in [5, 5.41) is 6.86. The SMILES string of the molecule is Cc1ccc(/C=N/NC(=O)CNc2cc(Br)c(Br)cc2Br)o1. The van der Waals surface area contributed by atoms with Gasteiger partial charge in [-0.15, -0.1) is 0 Å². The molecule has 0 saturated heterocycles. The van der Waals surface area contributed by atoms with Gasteiger partial charge in [-0.25, -0.2) is 5.43 Å². The zero-order chi connectivity index (χ0) is 16.1. The van der Waals surface area contributed by atoms with Crippen LogP contribution in [0.1, 0.15) is 11.5 Å². The number of hydrogen-bond acceptors (Lipinski definition) is 4. The first-order valence-electron chi connectivity index (χ1n) is 6.22. The molecule has 2 aromatic rings. The Labute approximate surface area is 152 Å². The van der Waals surface area contributed by atoms with Crippen LogP contribution in [0.25, 0.3) is 0 Å². The molecule has 0 saturated carbocycles. The minimum Gasteiger partial charge on any atom is -0.460 e. The maximum Gasteiger partial charge on any atom is 0.259 e. The molecule has 0 aliphatic heterocycles. The number of carbonyl (C=O) groups excluding carboxylic acids is 1. The Morgan fingerprint density at radius 1 is 1.23 bits per heavy atom. The summed E-state index contributed by atoms with van der Waals surface area (Å²) in [4.78, 5) is 11.7. The highest BCUT2D eigenvalue weighted by Crippen LogP contribution is 2.32. The van der Waals surface area contributed by atoms with Crippen LogP contribution in [0.15, 0.2) is 47.2 Å². The number of halogens is 3. The summed E-state index contributed by atoms with van der Waals surface area (Å²) in [5.41, 5.74) is 3.23. The van der Waals surface area contributed by atoms with E-state index in [1.807, 2.05) is 25.1 Å². The summed E-state index contributed by atoms with van der Waals surface area (Å²) >= 11 is 10.3. The lowest BCUT2D eigenvalue weighted by Gasteiger charge is -2.09. The number of amides is 1. The number of rotatable bonds is 5. The number of nitrogens with zero attached hydrogens (tertiary/aromatic N) is 1. The molecule has 0 fully saturated rings. The Kier molecular flexibility index (Phi) is 6.22. The average molecular weight is 494 g/mol. The van der Waals surface area contributed by atoms with Gasteiger partial charge < -0.3 is 9.73 Å². The number of benzene rings is 1. The summed E-state index contributed by atoms with van der Waals surface area (Å²) < 4.78 is 7.97. The summed E-state index contributed by atoms with van der Waals surface area (Å²) in [6.45, 7) is 1.94. The second-order valence-electron chi connectivity index (χ2n) is 4.34. The zero-order valence-corrected chi connectivity index (χ0v) is 16.2. The molecule has 0 aliphatic rings. The van der Waals surface area contributed by atoms with Gasteiger partial charge in [0, 0.05) is 13.4 Å². The highest BCUT2D eigenvalue weighted by atomic mass is 79.9. The van der Waals surface area contributed by atoms with Crippen LogP contribution >= 0.6 is 47.8 Å². The molecule has 22 heavy (non-hydrogen) atoms. The first-order chi connectivity index (χ1) is 10.5. The normalized spacial score (nSPS) is 10.9. The fourth-order valence-corrected chi connectivity index (χ4v) is 3.04. The van der Waals surface area contributed by atoms with Crippen LogP contribution in [0.4, 0.5) is 5.69 Å². The summed E-state index contributed by atoms with van der Waals surface area (Å²) in [6, 6.07) is 7.37. The topological polar surface area (TPSA) is 66.6 Å². The molecule has 0 spiro atoms. The van der Waals surface area contributed by atoms with Gasteiger partial charge in [0.2, 0.25) is 0 Å². The van der Waals surface area contributed by atoms with Gasteiger partial charge in [-0.2, -0.15) is 5.10 Å². The van der Waals surface area contributed by atoms with Crippen molar-refractivity contribution < 1.29 is 9.21 Å². The van der Waals surface area contributed by atoms with Crippen LogP contribution in [0.2, 0.25) is 0 Å². The van der Waals surface area contributed by atoms with Crippen LogP contribution in [0.3, 0.4) is 0 Å². The van der Waals surface area contributed by atoms with Crippen LogP contribution in [0, 0.1) is 6.92 Å². The van der Waals surface area contributed by atoms with Crippen molar-refractivity contribution in [1.82, 2.24) is 5.43 Å². The van der Waals surface area contributed by atoms with E-state index in [0.29, 0.717) is 5.76 Å². The molecule has 1 amide bonds. The summed E-state index contributed by atoms with van der Waals surface area (Å²) in [5.74, 6) is 1.12. The average Bonchev–Trinajstić information content (AvgIpc) is 2.87. The molecule has 0 unspecified atom stereocenters. The first-order valence-corrected chi connectivity index (χ1v) is 8.60. The molecule has 5 nitrogen and oxygen atoms in total. The van der Waals surface area contributed by atoms with E-state index in [1.54, 1.807) is 6.07 Å². The number of furan rings is 1.